The van der Waals surface area contributed by atoms with Crippen molar-refractivity contribution >= 4 is 17.2 Å². The van der Waals surface area contributed by atoms with E-state index in [9.17, 15) is 4.79 Å². The minimum atomic E-state index is -0.792. The normalized spacial score (nSPS) is 12.2. The Bertz CT molecular complexity index is 638. The molecule has 1 unspecified atom stereocenters. The summed E-state index contributed by atoms with van der Waals surface area (Å²) in [6.45, 7) is 5.83. The fraction of sp³-hybridized carbons (Fsp3) is 0.357. The molecule has 0 aliphatic carbocycles. The van der Waals surface area contributed by atoms with Gasteiger partial charge in [0.2, 0.25) is 0 Å². The molecule has 2 heterocycles. The number of carbonyl (C=O) groups is 1. The maximum atomic E-state index is 12.3. The molecule has 6 heteroatoms. The molecule has 0 aromatic carbocycles. The first-order chi connectivity index (χ1) is 9.52. The van der Waals surface area contributed by atoms with Gasteiger partial charge in [0.05, 0.1) is 23.0 Å². The van der Waals surface area contributed by atoms with Crippen LogP contribution >= 0.6 is 11.3 Å². The third kappa shape index (κ3) is 2.89. The van der Waals surface area contributed by atoms with Gasteiger partial charge in [-0.2, -0.15) is 5.26 Å². The molecule has 0 fully saturated rings. The number of carbonyl (C=O) groups excluding carboxylic acids is 1. The van der Waals surface area contributed by atoms with E-state index in [1.807, 2.05) is 26.8 Å². The molecular weight excluding hydrogens is 274 g/mol. The van der Waals surface area contributed by atoms with Crippen molar-refractivity contribution in [3.63, 3.8) is 0 Å². The Kier molecular flexibility index (Phi) is 4.20. The topological polar surface area (TPSA) is 78.9 Å². The number of thiazole rings is 1. The van der Waals surface area contributed by atoms with Crippen molar-refractivity contribution in [1.29, 1.82) is 5.26 Å². The number of aromatic nitrogens is 1. The molecule has 2 aromatic heterocycles. The van der Waals surface area contributed by atoms with Crippen LogP contribution in [0.2, 0.25) is 0 Å². The zero-order chi connectivity index (χ0) is 14.7. The predicted octanol–water partition coefficient (Wildman–Crippen LogP) is 3.16. The summed E-state index contributed by atoms with van der Waals surface area (Å²) in [6.07, 6.45) is 1.47. The number of nitriles is 1. The van der Waals surface area contributed by atoms with Crippen molar-refractivity contribution in [1.82, 2.24) is 10.3 Å². The number of hydrogen-bond donors (Lipinski definition) is 1. The van der Waals surface area contributed by atoms with Gasteiger partial charge in [0.1, 0.15) is 10.6 Å². The molecule has 0 radical (unpaired) electrons. The van der Waals surface area contributed by atoms with Crippen molar-refractivity contribution in [2.45, 2.75) is 32.7 Å². The maximum absolute atomic E-state index is 12.3. The summed E-state index contributed by atoms with van der Waals surface area (Å²) in [4.78, 5) is 17.3. The minimum absolute atomic E-state index is 0.157. The van der Waals surface area contributed by atoms with Crippen LogP contribution < -0.4 is 5.32 Å². The third-order valence-corrected chi connectivity index (χ3v) is 3.73. The number of aryl methyl sites for hydroxylation is 1. The molecule has 5 nitrogen and oxygen atoms in total. The van der Waals surface area contributed by atoms with Gasteiger partial charge >= 0.3 is 0 Å². The minimum Gasteiger partial charge on any atom is -0.466 e. The highest BCUT2D eigenvalue weighted by Crippen LogP contribution is 2.25. The lowest BCUT2D eigenvalue weighted by molar-refractivity contribution is 0.0944. The van der Waals surface area contributed by atoms with Crippen LogP contribution in [0, 0.1) is 18.3 Å². The van der Waals surface area contributed by atoms with Gasteiger partial charge in [-0.25, -0.2) is 4.98 Å². The summed E-state index contributed by atoms with van der Waals surface area (Å²) in [7, 11) is 0. The fourth-order valence-corrected chi connectivity index (χ4v) is 2.79. The molecule has 1 N–H and O–H groups in total. The average molecular weight is 289 g/mol. The van der Waals surface area contributed by atoms with E-state index < -0.39 is 6.04 Å². The molecule has 2 aromatic rings. The summed E-state index contributed by atoms with van der Waals surface area (Å²) >= 11 is 1.34. The highest BCUT2D eigenvalue weighted by atomic mass is 32.1. The SMILES string of the molecule is Cc1nc(C(C)C)c(C(=O)NC(C#N)c2ccco2)s1. The lowest BCUT2D eigenvalue weighted by atomic mass is 10.1. The molecule has 104 valence electrons. The molecule has 2 rings (SSSR count). The van der Waals surface area contributed by atoms with Crippen LogP contribution in [-0.2, 0) is 0 Å². The van der Waals surface area contributed by atoms with E-state index in [0.29, 0.717) is 10.6 Å². The van der Waals surface area contributed by atoms with E-state index in [-0.39, 0.29) is 11.8 Å². The molecule has 0 aliphatic heterocycles. The van der Waals surface area contributed by atoms with Gasteiger partial charge in [-0.05, 0) is 25.0 Å². The Hall–Kier alpha value is -2.13. The first kappa shape index (κ1) is 14.3. The Morgan fingerprint density at radius 1 is 1.55 bits per heavy atom. The van der Waals surface area contributed by atoms with Crippen molar-refractivity contribution in [2.24, 2.45) is 0 Å². The molecule has 1 amide bonds. The van der Waals surface area contributed by atoms with Crippen molar-refractivity contribution < 1.29 is 9.21 Å². The van der Waals surface area contributed by atoms with Gasteiger partial charge in [0.15, 0.2) is 6.04 Å². The third-order valence-electron chi connectivity index (χ3n) is 2.75. The smallest absolute Gasteiger partial charge is 0.264 e. The molecule has 0 bridgehead atoms. The van der Waals surface area contributed by atoms with Gasteiger partial charge in [0, 0.05) is 0 Å². The summed E-state index contributed by atoms with van der Waals surface area (Å²) in [6, 6.07) is 4.57. The summed E-state index contributed by atoms with van der Waals surface area (Å²) < 4.78 is 5.16. The first-order valence-electron chi connectivity index (χ1n) is 6.24. The van der Waals surface area contributed by atoms with E-state index >= 15 is 0 Å². The highest BCUT2D eigenvalue weighted by molar-refractivity contribution is 7.13. The number of nitrogens with zero attached hydrogens (tertiary/aromatic N) is 2. The van der Waals surface area contributed by atoms with E-state index in [1.54, 1.807) is 12.1 Å². The lowest BCUT2D eigenvalue weighted by Gasteiger charge is -2.10. The molecule has 0 aliphatic rings. The van der Waals surface area contributed by atoms with Crippen LogP contribution in [0.15, 0.2) is 22.8 Å². The second-order valence-corrected chi connectivity index (χ2v) is 5.86. The molecule has 0 saturated carbocycles. The molecule has 0 spiro atoms. The number of amides is 1. The van der Waals surface area contributed by atoms with E-state index in [1.165, 1.54) is 17.6 Å². The monoisotopic (exact) mass is 289 g/mol. The van der Waals surface area contributed by atoms with Crippen LogP contribution in [0.4, 0.5) is 0 Å². The zero-order valence-electron chi connectivity index (χ0n) is 11.5. The Morgan fingerprint density at radius 2 is 2.30 bits per heavy atom. The van der Waals surface area contributed by atoms with Gasteiger partial charge in [-0.3, -0.25) is 4.79 Å². The van der Waals surface area contributed by atoms with Crippen molar-refractivity contribution in [3.8, 4) is 6.07 Å². The second kappa shape index (κ2) is 5.88. The first-order valence-corrected chi connectivity index (χ1v) is 7.05. The van der Waals surface area contributed by atoms with Crippen LogP contribution in [0.25, 0.3) is 0 Å². The van der Waals surface area contributed by atoms with Gasteiger partial charge in [-0.1, -0.05) is 13.8 Å². The summed E-state index contributed by atoms with van der Waals surface area (Å²) in [5, 5.41) is 12.6. The fourth-order valence-electron chi connectivity index (χ4n) is 1.82. The molecule has 0 saturated heterocycles. The number of rotatable bonds is 4. The Balaban J connectivity index is 2.22. The number of furan rings is 1. The van der Waals surface area contributed by atoms with Crippen molar-refractivity contribution in [3.05, 3.63) is 39.7 Å². The van der Waals surface area contributed by atoms with Gasteiger partial charge in [-0.15, -0.1) is 11.3 Å². The lowest BCUT2D eigenvalue weighted by Crippen LogP contribution is -2.27. The number of hydrogen-bond acceptors (Lipinski definition) is 5. The van der Waals surface area contributed by atoms with Crippen LogP contribution in [-0.4, -0.2) is 10.9 Å². The molecular formula is C14H15N3O2S. The molecule has 20 heavy (non-hydrogen) atoms. The number of nitrogens with one attached hydrogen (secondary N) is 1. The van der Waals surface area contributed by atoms with Crippen LogP contribution in [0.5, 0.6) is 0 Å². The van der Waals surface area contributed by atoms with Gasteiger partial charge < -0.3 is 9.73 Å². The zero-order valence-corrected chi connectivity index (χ0v) is 12.3. The predicted molar refractivity (Wildman–Crippen MR) is 75.5 cm³/mol. The van der Waals surface area contributed by atoms with Crippen LogP contribution in [0.3, 0.4) is 0 Å². The molecule has 1 atom stereocenters. The van der Waals surface area contributed by atoms with E-state index in [0.717, 1.165) is 10.7 Å². The highest BCUT2D eigenvalue weighted by Gasteiger charge is 2.23. The maximum Gasteiger partial charge on any atom is 0.264 e. The average Bonchev–Trinajstić information content (AvgIpc) is 3.04. The Labute approximate surface area is 121 Å². The summed E-state index contributed by atoms with van der Waals surface area (Å²) in [5.74, 6) is 0.292. The van der Waals surface area contributed by atoms with Crippen molar-refractivity contribution in [2.75, 3.05) is 0 Å². The largest absolute Gasteiger partial charge is 0.466 e. The summed E-state index contributed by atoms with van der Waals surface area (Å²) in [5.41, 5.74) is 0.765. The standard InChI is InChI=1S/C14H15N3O2S/c1-8(2)12-13(20-9(3)16-12)14(18)17-10(7-15)11-5-4-6-19-11/h4-6,8,10H,1-3H3,(H,17,18). The van der Waals surface area contributed by atoms with E-state index in [4.69, 9.17) is 9.68 Å². The second-order valence-electron chi connectivity index (χ2n) is 4.65. The Morgan fingerprint density at radius 3 is 2.85 bits per heavy atom. The quantitative estimate of drug-likeness (QED) is 0.937. The van der Waals surface area contributed by atoms with E-state index in [2.05, 4.69) is 10.3 Å². The van der Waals surface area contributed by atoms with Crippen LogP contribution in [0.1, 0.15) is 51.9 Å². The van der Waals surface area contributed by atoms with Gasteiger partial charge in [0.25, 0.3) is 5.91 Å².